The van der Waals surface area contributed by atoms with Crippen molar-refractivity contribution in [3.8, 4) is 5.75 Å². The van der Waals surface area contributed by atoms with Gasteiger partial charge in [-0.05, 0) is 22.9 Å². The number of esters is 5. The second-order valence-electron chi connectivity index (χ2n) is 10.8. The molecular formula is C33H37N5O13S. The second kappa shape index (κ2) is 19.5. The van der Waals surface area contributed by atoms with Crippen LogP contribution in [0.3, 0.4) is 0 Å². The van der Waals surface area contributed by atoms with Gasteiger partial charge in [-0.25, -0.2) is 9.99 Å². The van der Waals surface area contributed by atoms with Crippen LogP contribution in [0.15, 0.2) is 52.7 Å². The predicted molar refractivity (Wildman–Crippen MR) is 181 cm³/mol. The first-order valence-corrected chi connectivity index (χ1v) is 16.5. The third kappa shape index (κ3) is 12.8. The van der Waals surface area contributed by atoms with Crippen LogP contribution < -0.4 is 10.2 Å². The molecule has 1 amide bonds. The van der Waals surface area contributed by atoms with Crippen molar-refractivity contribution in [2.45, 2.75) is 77.7 Å². The van der Waals surface area contributed by atoms with Crippen molar-refractivity contribution in [2.24, 2.45) is 5.10 Å². The van der Waals surface area contributed by atoms with Gasteiger partial charge in [-0.15, -0.1) is 10.2 Å². The zero-order valence-corrected chi connectivity index (χ0v) is 29.9. The Morgan fingerprint density at radius 2 is 1.42 bits per heavy atom. The van der Waals surface area contributed by atoms with Gasteiger partial charge in [-0.2, -0.15) is 5.10 Å². The minimum absolute atomic E-state index is 0.0868. The van der Waals surface area contributed by atoms with E-state index in [4.69, 9.17) is 28.4 Å². The molecule has 0 aliphatic heterocycles. The summed E-state index contributed by atoms with van der Waals surface area (Å²) in [4.78, 5) is 84.9. The van der Waals surface area contributed by atoms with E-state index < -0.39 is 72.7 Å². The number of hydrazone groups is 1. The Labute approximate surface area is 301 Å². The van der Waals surface area contributed by atoms with E-state index in [-0.39, 0.29) is 23.3 Å². The van der Waals surface area contributed by atoms with Gasteiger partial charge in [0.15, 0.2) is 35.4 Å². The zero-order chi connectivity index (χ0) is 38.4. The van der Waals surface area contributed by atoms with E-state index >= 15 is 0 Å². The fourth-order valence-electron chi connectivity index (χ4n) is 4.60. The molecule has 0 aliphatic rings. The quantitative estimate of drug-likeness (QED) is 0.0686. The molecule has 0 radical (unpaired) electrons. The minimum Gasteiger partial charge on any atom is -0.486 e. The molecule has 0 bridgehead atoms. The van der Waals surface area contributed by atoms with Gasteiger partial charge in [0.1, 0.15) is 19.0 Å². The van der Waals surface area contributed by atoms with Crippen molar-refractivity contribution in [3.63, 3.8) is 0 Å². The highest BCUT2D eigenvalue weighted by Gasteiger charge is 2.43. The highest BCUT2D eigenvalue weighted by atomic mass is 32.2. The Hall–Kier alpha value is -5.85. The van der Waals surface area contributed by atoms with E-state index in [9.17, 15) is 33.6 Å². The third-order valence-electron chi connectivity index (χ3n) is 6.54. The molecule has 0 fully saturated rings. The largest absolute Gasteiger partial charge is 0.486 e. The number of thioether (sulfide) groups is 1. The maximum Gasteiger partial charge on any atom is 0.303 e. The zero-order valence-electron chi connectivity index (χ0n) is 29.1. The molecule has 3 aromatic rings. The van der Waals surface area contributed by atoms with Crippen molar-refractivity contribution < 1.29 is 62.0 Å². The van der Waals surface area contributed by atoms with E-state index in [0.29, 0.717) is 5.75 Å². The maximum atomic E-state index is 12.8. The lowest BCUT2D eigenvalue weighted by atomic mass is 10.0. The van der Waals surface area contributed by atoms with E-state index in [2.05, 4.69) is 20.7 Å². The van der Waals surface area contributed by atoms with Crippen molar-refractivity contribution in [3.05, 3.63) is 48.3 Å². The molecule has 2 aromatic carbocycles. The highest BCUT2D eigenvalue weighted by Crippen LogP contribution is 2.23. The summed E-state index contributed by atoms with van der Waals surface area (Å²) in [6.07, 6.45) is -5.70. The smallest absolute Gasteiger partial charge is 0.303 e. The Morgan fingerprint density at radius 1 is 0.788 bits per heavy atom. The Morgan fingerprint density at radius 3 is 2.04 bits per heavy atom. The summed E-state index contributed by atoms with van der Waals surface area (Å²) >= 11 is 0.866. The molecule has 0 unspecified atom stereocenters. The topological polar surface area (TPSA) is 230 Å². The second-order valence-corrected chi connectivity index (χ2v) is 11.8. The van der Waals surface area contributed by atoms with Crippen LogP contribution in [0.25, 0.3) is 10.8 Å². The minimum atomic E-state index is -1.72. The van der Waals surface area contributed by atoms with Crippen LogP contribution in [-0.2, 0) is 59.1 Å². The first-order valence-electron chi connectivity index (χ1n) is 15.5. The summed E-state index contributed by atoms with van der Waals surface area (Å²) in [7, 11) is 0. The van der Waals surface area contributed by atoms with Crippen molar-refractivity contribution in [2.75, 3.05) is 12.4 Å². The fourth-order valence-corrected chi connectivity index (χ4v) is 5.38. The van der Waals surface area contributed by atoms with Gasteiger partial charge in [0, 0.05) is 41.5 Å². The van der Waals surface area contributed by atoms with E-state index in [1.165, 1.54) is 11.5 Å². The first-order chi connectivity index (χ1) is 24.6. The molecule has 3 rings (SSSR count). The number of benzene rings is 2. The normalized spacial score (nSPS) is 13.3. The monoisotopic (exact) mass is 743 g/mol. The molecule has 0 aliphatic carbocycles. The molecule has 0 saturated heterocycles. The third-order valence-corrected chi connectivity index (χ3v) is 7.46. The maximum absolute atomic E-state index is 12.8. The van der Waals surface area contributed by atoms with E-state index in [0.717, 1.165) is 63.4 Å². The number of ether oxygens (including phenoxy) is 6. The van der Waals surface area contributed by atoms with Crippen LogP contribution in [0.5, 0.6) is 5.75 Å². The summed E-state index contributed by atoms with van der Waals surface area (Å²) in [5.41, 5.74) is 2.21. The van der Waals surface area contributed by atoms with Crippen molar-refractivity contribution in [1.82, 2.24) is 20.2 Å². The number of fused-ring (bicyclic) bond motifs is 1. The lowest BCUT2D eigenvalue weighted by molar-refractivity contribution is -0.197. The van der Waals surface area contributed by atoms with Gasteiger partial charge < -0.3 is 28.4 Å². The molecular weight excluding hydrogens is 706 g/mol. The standard InChI is InChI=1S/C33H37N5O13S/c1-18(39)38-29(16-47-26-12-11-24-9-7-8-10-25(24)13-26)35-37-33(38)52-17-30(45)36-34-14-27(48-20(3)41)31(50-22(5)43)32(51-23(6)44)28(49-21(4)42)15-46-19(2)40/h7-14,27-28,31-32H,15-17H2,1-6H3,(H,36,45)/b34-14-/t27-,28-,31-,32-/m1/s1. The Balaban J connectivity index is 1.75. The van der Waals surface area contributed by atoms with Crippen LogP contribution in [0, 0.1) is 0 Å². The number of nitrogens with one attached hydrogen (secondary N) is 1. The summed E-state index contributed by atoms with van der Waals surface area (Å²) < 4.78 is 33.1. The predicted octanol–water partition coefficient (Wildman–Crippen LogP) is 2.15. The van der Waals surface area contributed by atoms with Gasteiger partial charge in [0.2, 0.25) is 5.91 Å². The van der Waals surface area contributed by atoms with Crippen LogP contribution >= 0.6 is 11.8 Å². The van der Waals surface area contributed by atoms with Gasteiger partial charge in [-0.1, -0.05) is 42.1 Å². The number of hydrogen-bond acceptors (Lipinski definition) is 17. The van der Waals surface area contributed by atoms with Crippen molar-refractivity contribution in [1.29, 1.82) is 0 Å². The van der Waals surface area contributed by atoms with Gasteiger partial charge in [0.25, 0.3) is 5.91 Å². The van der Waals surface area contributed by atoms with Gasteiger partial charge >= 0.3 is 29.8 Å². The molecule has 19 heteroatoms. The van der Waals surface area contributed by atoms with Crippen LogP contribution in [0.1, 0.15) is 52.2 Å². The van der Waals surface area contributed by atoms with E-state index in [1.54, 1.807) is 6.07 Å². The summed E-state index contributed by atoms with van der Waals surface area (Å²) in [5, 5.41) is 14.0. The lowest BCUT2D eigenvalue weighted by Gasteiger charge is -2.34. The van der Waals surface area contributed by atoms with E-state index in [1.807, 2.05) is 36.4 Å². The number of aromatic nitrogens is 3. The molecule has 1 N–H and O–H groups in total. The van der Waals surface area contributed by atoms with Crippen LogP contribution in [-0.4, -0.2) is 99.4 Å². The molecule has 18 nitrogen and oxygen atoms in total. The Bertz CT molecular complexity index is 1830. The van der Waals surface area contributed by atoms with Gasteiger partial charge in [0.05, 0.1) is 12.0 Å². The summed E-state index contributed by atoms with van der Waals surface area (Å²) in [6.45, 7) is 5.73. The van der Waals surface area contributed by atoms with Crippen LogP contribution in [0.4, 0.5) is 0 Å². The number of nitrogens with zero attached hydrogens (tertiary/aromatic N) is 4. The summed E-state index contributed by atoms with van der Waals surface area (Å²) in [5.74, 6) is -5.08. The molecule has 278 valence electrons. The average molecular weight is 744 g/mol. The number of rotatable bonds is 17. The number of hydrogen-bond donors (Lipinski definition) is 1. The Kier molecular flexibility index (Phi) is 15.2. The fraction of sp³-hybridized carbons (Fsp3) is 0.394. The lowest BCUT2D eigenvalue weighted by Crippen LogP contribution is -2.53. The molecule has 4 atom stereocenters. The average Bonchev–Trinajstić information content (AvgIpc) is 3.48. The molecule has 0 saturated carbocycles. The molecule has 0 spiro atoms. The number of carbonyl (C=O) groups excluding carboxylic acids is 7. The SMILES string of the molecule is CC(=O)OC[C@@H](OC(C)=O)[C@@H](OC(C)=O)[C@H](OC(C)=O)[C@@H](/C=N\NC(=O)CSc1nnc(COc2ccc3ccccc3c2)n1C(C)=O)OC(C)=O. The van der Waals surface area contributed by atoms with Crippen LogP contribution in [0.2, 0.25) is 0 Å². The molecule has 52 heavy (non-hydrogen) atoms. The summed E-state index contributed by atoms with van der Waals surface area (Å²) in [6, 6.07) is 13.3. The van der Waals surface area contributed by atoms with Gasteiger partial charge in [-0.3, -0.25) is 33.6 Å². The van der Waals surface area contributed by atoms with Crippen molar-refractivity contribution >= 4 is 70.4 Å². The number of amides is 1. The molecule has 1 aromatic heterocycles. The molecule has 1 heterocycles. The first kappa shape index (κ1) is 40.6. The highest BCUT2D eigenvalue weighted by molar-refractivity contribution is 7.99. The number of carbonyl (C=O) groups is 7.